The first kappa shape index (κ1) is 16.3. The van der Waals surface area contributed by atoms with Gasteiger partial charge in [0, 0.05) is 17.9 Å². The van der Waals surface area contributed by atoms with Crippen molar-refractivity contribution in [1.82, 2.24) is 0 Å². The molecule has 0 aliphatic rings. The monoisotopic (exact) mass is 278 g/mol. The van der Waals surface area contributed by atoms with Gasteiger partial charge < -0.3 is 15.8 Å². The summed E-state index contributed by atoms with van der Waals surface area (Å²) in [7, 11) is 1.36. The molecule has 112 valence electrons. The third kappa shape index (κ3) is 4.76. The van der Waals surface area contributed by atoms with Gasteiger partial charge >= 0.3 is 5.97 Å². The van der Waals surface area contributed by atoms with E-state index < -0.39 is 5.97 Å². The van der Waals surface area contributed by atoms with Crippen molar-refractivity contribution in [3.05, 3.63) is 23.8 Å². The van der Waals surface area contributed by atoms with Crippen LogP contribution in [0, 0.1) is 5.92 Å². The highest BCUT2D eigenvalue weighted by Crippen LogP contribution is 2.20. The summed E-state index contributed by atoms with van der Waals surface area (Å²) in [5.41, 5.74) is 7.56. The first-order chi connectivity index (χ1) is 9.62. The fraction of sp³-hybridized carbons (Fsp3) is 0.562. The Kier molecular flexibility index (Phi) is 6.91. The van der Waals surface area contributed by atoms with Gasteiger partial charge in [-0.3, -0.25) is 0 Å². The Balaban J connectivity index is 2.66. The van der Waals surface area contributed by atoms with Crippen LogP contribution in [0.1, 0.15) is 49.9 Å². The fourth-order valence-corrected chi connectivity index (χ4v) is 2.16. The molecule has 0 saturated heterocycles. The number of methoxy groups -OCH3 is 1. The number of hydrogen-bond donors (Lipinski definition) is 2. The summed E-state index contributed by atoms with van der Waals surface area (Å²) in [5, 5.41) is 3.39. The molecule has 0 heterocycles. The van der Waals surface area contributed by atoms with Crippen LogP contribution in [0.25, 0.3) is 0 Å². The normalized spacial score (nSPS) is 11.9. The number of anilines is 2. The minimum Gasteiger partial charge on any atom is -0.465 e. The number of ether oxygens (including phenoxy) is 1. The van der Waals surface area contributed by atoms with Gasteiger partial charge in [0.25, 0.3) is 0 Å². The number of carbonyl (C=O) groups is 1. The standard InChI is InChI=1S/C16H26N2O2/c1-4-6-7-12(5-2)11-18-13-8-9-15(17)14(10-13)16(19)20-3/h8-10,12,18H,4-7,11,17H2,1-3H3. The van der Waals surface area contributed by atoms with Crippen LogP contribution >= 0.6 is 0 Å². The number of nitrogens with one attached hydrogen (secondary N) is 1. The molecular weight excluding hydrogens is 252 g/mol. The summed E-state index contributed by atoms with van der Waals surface area (Å²) in [4.78, 5) is 11.6. The molecule has 0 aliphatic carbocycles. The van der Waals surface area contributed by atoms with Crippen molar-refractivity contribution in [3.63, 3.8) is 0 Å². The molecule has 0 radical (unpaired) electrons. The molecule has 4 heteroatoms. The molecule has 3 N–H and O–H groups in total. The lowest BCUT2D eigenvalue weighted by Crippen LogP contribution is -2.14. The number of rotatable bonds is 8. The lowest BCUT2D eigenvalue weighted by molar-refractivity contribution is 0.0602. The average molecular weight is 278 g/mol. The summed E-state index contributed by atoms with van der Waals surface area (Å²) >= 11 is 0. The van der Waals surface area contributed by atoms with E-state index in [1.54, 1.807) is 12.1 Å². The fourth-order valence-electron chi connectivity index (χ4n) is 2.16. The lowest BCUT2D eigenvalue weighted by atomic mass is 9.99. The summed E-state index contributed by atoms with van der Waals surface area (Å²) in [6.45, 7) is 5.34. The van der Waals surface area contributed by atoms with Crippen LogP contribution in [0.2, 0.25) is 0 Å². The zero-order valence-electron chi connectivity index (χ0n) is 12.7. The number of benzene rings is 1. The summed E-state index contributed by atoms with van der Waals surface area (Å²) < 4.78 is 4.73. The molecule has 0 aromatic heterocycles. The SMILES string of the molecule is CCCCC(CC)CNc1ccc(N)c(C(=O)OC)c1. The van der Waals surface area contributed by atoms with Gasteiger partial charge in [0.05, 0.1) is 12.7 Å². The minimum absolute atomic E-state index is 0.399. The molecule has 1 unspecified atom stereocenters. The van der Waals surface area contributed by atoms with E-state index in [1.165, 1.54) is 26.4 Å². The lowest BCUT2D eigenvalue weighted by Gasteiger charge is -2.16. The van der Waals surface area contributed by atoms with Crippen molar-refractivity contribution < 1.29 is 9.53 Å². The minimum atomic E-state index is -0.399. The quantitative estimate of drug-likeness (QED) is 0.562. The smallest absolute Gasteiger partial charge is 0.340 e. The second-order valence-electron chi connectivity index (χ2n) is 5.09. The van der Waals surface area contributed by atoms with Crippen molar-refractivity contribution in [3.8, 4) is 0 Å². The highest BCUT2D eigenvalue weighted by atomic mass is 16.5. The van der Waals surface area contributed by atoms with Crippen LogP contribution in [0.4, 0.5) is 11.4 Å². The Bertz CT molecular complexity index is 432. The summed E-state index contributed by atoms with van der Waals surface area (Å²) in [6, 6.07) is 5.39. The molecule has 0 bridgehead atoms. The van der Waals surface area contributed by atoms with Gasteiger partial charge in [-0.2, -0.15) is 0 Å². The summed E-state index contributed by atoms with van der Waals surface area (Å²) in [6.07, 6.45) is 4.88. The van der Waals surface area contributed by atoms with E-state index in [0.717, 1.165) is 18.7 Å². The molecule has 0 saturated carbocycles. The molecule has 4 nitrogen and oxygen atoms in total. The molecule has 1 aromatic rings. The van der Waals surface area contributed by atoms with Crippen LogP contribution in [0.3, 0.4) is 0 Å². The van der Waals surface area contributed by atoms with Gasteiger partial charge in [0.2, 0.25) is 0 Å². The molecule has 0 aliphatic heterocycles. The number of unbranched alkanes of at least 4 members (excludes halogenated alkanes) is 1. The Morgan fingerprint density at radius 1 is 1.40 bits per heavy atom. The number of nitrogen functional groups attached to an aromatic ring is 1. The number of carbonyl (C=O) groups excluding carboxylic acids is 1. The van der Waals surface area contributed by atoms with Crippen molar-refractivity contribution in [2.75, 3.05) is 24.7 Å². The Labute approximate surface area is 121 Å². The van der Waals surface area contributed by atoms with E-state index in [4.69, 9.17) is 10.5 Å². The van der Waals surface area contributed by atoms with Crippen LogP contribution in [0.5, 0.6) is 0 Å². The van der Waals surface area contributed by atoms with Crippen LogP contribution in [0.15, 0.2) is 18.2 Å². The van der Waals surface area contributed by atoms with Crippen molar-refractivity contribution in [2.45, 2.75) is 39.5 Å². The Hall–Kier alpha value is -1.71. The average Bonchev–Trinajstić information content (AvgIpc) is 2.48. The van der Waals surface area contributed by atoms with E-state index >= 15 is 0 Å². The predicted molar refractivity (Wildman–Crippen MR) is 84.0 cm³/mol. The maximum atomic E-state index is 11.6. The van der Waals surface area contributed by atoms with Gasteiger partial charge in [-0.25, -0.2) is 4.79 Å². The maximum Gasteiger partial charge on any atom is 0.340 e. The third-order valence-electron chi connectivity index (χ3n) is 3.60. The van der Waals surface area contributed by atoms with E-state index in [0.29, 0.717) is 17.2 Å². The first-order valence-corrected chi connectivity index (χ1v) is 7.34. The maximum absolute atomic E-state index is 11.6. The molecule has 1 aromatic carbocycles. The van der Waals surface area contributed by atoms with Crippen molar-refractivity contribution in [2.24, 2.45) is 5.92 Å². The van der Waals surface area contributed by atoms with Gasteiger partial charge in [0.1, 0.15) is 0 Å². The van der Waals surface area contributed by atoms with Gasteiger partial charge in [-0.05, 0) is 30.5 Å². The Morgan fingerprint density at radius 3 is 2.75 bits per heavy atom. The molecule has 1 atom stereocenters. The zero-order chi connectivity index (χ0) is 15.0. The van der Waals surface area contributed by atoms with E-state index in [-0.39, 0.29) is 0 Å². The second kappa shape index (κ2) is 8.46. The van der Waals surface area contributed by atoms with Crippen molar-refractivity contribution in [1.29, 1.82) is 0 Å². The van der Waals surface area contributed by atoms with E-state index in [9.17, 15) is 4.79 Å². The van der Waals surface area contributed by atoms with Gasteiger partial charge in [-0.15, -0.1) is 0 Å². The molecule has 1 rings (SSSR count). The first-order valence-electron chi connectivity index (χ1n) is 7.34. The molecule has 0 fully saturated rings. The molecule has 20 heavy (non-hydrogen) atoms. The van der Waals surface area contributed by atoms with Crippen LogP contribution in [-0.4, -0.2) is 19.6 Å². The van der Waals surface area contributed by atoms with Crippen LogP contribution in [-0.2, 0) is 4.74 Å². The number of esters is 1. The highest BCUT2D eigenvalue weighted by Gasteiger charge is 2.11. The van der Waals surface area contributed by atoms with Gasteiger partial charge in [-0.1, -0.05) is 33.1 Å². The van der Waals surface area contributed by atoms with E-state index in [1.807, 2.05) is 6.07 Å². The second-order valence-corrected chi connectivity index (χ2v) is 5.09. The number of nitrogens with two attached hydrogens (primary N) is 1. The van der Waals surface area contributed by atoms with Crippen LogP contribution < -0.4 is 11.1 Å². The summed E-state index contributed by atoms with van der Waals surface area (Å²) in [5.74, 6) is 0.262. The topological polar surface area (TPSA) is 64.3 Å². The molecule has 0 amide bonds. The largest absolute Gasteiger partial charge is 0.465 e. The predicted octanol–water partition coefficient (Wildman–Crippen LogP) is 3.68. The highest BCUT2D eigenvalue weighted by molar-refractivity contribution is 5.96. The molecule has 0 spiro atoms. The van der Waals surface area contributed by atoms with Gasteiger partial charge in [0.15, 0.2) is 0 Å². The zero-order valence-corrected chi connectivity index (χ0v) is 12.7. The van der Waals surface area contributed by atoms with Crippen molar-refractivity contribution >= 4 is 17.3 Å². The third-order valence-corrected chi connectivity index (χ3v) is 3.60. The number of hydrogen-bond acceptors (Lipinski definition) is 4. The molecular formula is C16H26N2O2. The van der Waals surface area contributed by atoms with E-state index in [2.05, 4.69) is 19.2 Å². The Morgan fingerprint density at radius 2 is 2.15 bits per heavy atom.